The predicted octanol–water partition coefficient (Wildman–Crippen LogP) is 4.13. The molecule has 7 heteroatoms. The topological polar surface area (TPSA) is 97.0 Å². The minimum absolute atomic E-state index is 0.00117. The van der Waals surface area contributed by atoms with Crippen molar-refractivity contribution < 1.29 is 9.72 Å². The highest BCUT2D eigenvalue weighted by atomic mass is 16.6. The van der Waals surface area contributed by atoms with Gasteiger partial charge in [-0.15, -0.1) is 0 Å². The molecule has 1 amide bonds. The Bertz CT molecular complexity index is 721. The Labute approximate surface area is 126 Å². The number of azo groups is 1. The molecular weight excluding hydrogens is 284 g/mol. The van der Waals surface area contributed by atoms with Crippen molar-refractivity contribution in [3.8, 4) is 0 Å². The van der Waals surface area contributed by atoms with Gasteiger partial charge < -0.3 is 5.32 Å². The van der Waals surface area contributed by atoms with Gasteiger partial charge in [0, 0.05) is 17.8 Å². The largest absolute Gasteiger partial charge is 0.323 e. The molecule has 0 saturated heterocycles. The second-order valence-corrected chi connectivity index (χ2v) is 4.21. The normalized spacial score (nSPS) is 10.4. The SMILES string of the molecule is C=CC(=O)Nc1ccc(N=Nc2ccc([N+](=O)[O-])cc2)cc1. The number of rotatable bonds is 5. The van der Waals surface area contributed by atoms with Gasteiger partial charge in [-0.3, -0.25) is 14.9 Å². The maximum Gasteiger partial charge on any atom is 0.269 e. The van der Waals surface area contributed by atoms with Crippen LogP contribution in [0.1, 0.15) is 0 Å². The standard InChI is InChI=1S/C15H12N4O3/c1-2-15(20)16-11-3-5-12(6-4-11)17-18-13-7-9-14(10-8-13)19(21)22/h2-10H,1H2,(H,16,20). The molecule has 0 bridgehead atoms. The zero-order valence-corrected chi connectivity index (χ0v) is 11.5. The average Bonchev–Trinajstić information content (AvgIpc) is 2.54. The summed E-state index contributed by atoms with van der Waals surface area (Å²) in [6.07, 6.45) is 1.18. The molecule has 7 nitrogen and oxygen atoms in total. The fourth-order valence-corrected chi connectivity index (χ4v) is 1.56. The summed E-state index contributed by atoms with van der Waals surface area (Å²) in [5.74, 6) is -0.291. The first-order valence-electron chi connectivity index (χ1n) is 6.28. The van der Waals surface area contributed by atoms with Crippen molar-refractivity contribution in [2.75, 3.05) is 5.32 Å². The van der Waals surface area contributed by atoms with Crippen molar-refractivity contribution in [2.45, 2.75) is 0 Å². The average molecular weight is 296 g/mol. The van der Waals surface area contributed by atoms with Crippen molar-refractivity contribution in [3.63, 3.8) is 0 Å². The molecule has 0 heterocycles. The Morgan fingerprint density at radius 1 is 1.05 bits per heavy atom. The van der Waals surface area contributed by atoms with Crippen LogP contribution in [0, 0.1) is 10.1 Å². The highest BCUT2D eigenvalue weighted by Crippen LogP contribution is 2.22. The lowest BCUT2D eigenvalue weighted by Gasteiger charge is -2.01. The molecule has 22 heavy (non-hydrogen) atoms. The first-order valence-corrected chi connectivity index (χ1v) is 6.28. The van der Waals surface area contributed by atoms with E-state index >= 15 is 0 Å². The van der Waals surface area contributed by atoms with Crippen molar-refractivity contribution >= 4 is 28.7 Å². The number of nitro benzene ring substituents is 1. The number of hydrogen-bond acceptors (Lipinski definition) is 5. The van der Waals surface area contributed by atoms with E-state index in [9.17, 15) is 14.9 Å². The number of carbonyl (C=O) groups excluding carboxylic acids is 1. The van der Waals surface area contributed by atoms with E-state index in [0.717, 1.165) is 0 Å². The van der Waals surface area contributed by atoms with Crippen molar-refractivity contribution in [1.29, 1.82) is 0 Å². The molecule has 0 aliphatic carbocycles. The fourth-order valence-electron chi connectivity index (χ4n) is 1.56. The van der Waals surface area contributed by atoms with Crippen LogP contribution in [0.4, 0.5) is 22.7 Å². The maximum absolute atomic E-state index is 11.1. The molecule has 0 aliphatic rings. The molecule has 0 atom stereocenters. The third-order valence-electron chi connectivity index (χ3n) is 2.66. The molecule has 2 aromatic rings. The number of carbonyl (C=O) groups is 1. The van der Waals surface area contributed by atoms with Gasteiger partial charge in [0.15, 0.2) is 0 Å². The van der Waals surface area contributed by atoms with E-state index in [0.29, 0.717) is 17.1 Å². The summed E-state index contributed by atoms with van der Waals surface area (Å²) in [5.41, 5.74) is 1.73. The lowest BCUT2D eigenvalue weighted by molar-refractivity contribution is -0.384. The lowest BCUT2D eigenvalue weighted by Crippen LogP contribution is -2.06. The summed E-state index contributed by atoms with van der Waals surface area (Å²) in [4.78, 5) is 21.2. The van der Waals surface area contributed by atoms with Crippen LogP contribution in [-0.4, -0.2) is 10.8 Å². The van der Waals surface area contributed by atoms with Crippen LogP contribution in [0.2, 0.25) is 0 Å². The van der Waals surface area contributed by atoms with E-state index in [1.807, 2.05) is 0 Å². The number of nitro groups is 1. The van der Waals surface area contributed by atoms with E-state index in [4.69, 9.17) is 0 Å². The van der Waals surface area contributed by atoms with Gasteiger partial charge in [0.25, 0.3) is 5.69 Å². The van der Waals surface area contributed by atoms with Crippen molar-refractivity contribution in [3.05, 3.63) is 71.3 Å². The predicted molar refractivity (Wildman–Crippen MR) is 82.5 cm³/mol. The molecule has 0 fully saturated rings. The highest BCUT2D eigenvalue weighted by molar-refractivity contribution is 5.98. The van der Waals surface area contributed by atoms with Gasteiger partial charge in [0.05, 0.1) is 16.3 Å². The van der Waals surface area contributed by atoms with Crippen LogP contribution < -0.4 is 5.32 Å². The van der Waals surface area contributed by atoms with Crippen molar-refractivity contribution in [2.24, 2.45) is 10.2 Å². The summed E-state index contributed by atoms with van der Waals surface area (Å²) >= 11 is 0. The number of benzene rings is 2. The summed E-state index contributed by atoms with van der Waals surface area (Å²) in [5, 5.41) is 21.1. The van der Waals surface area contributed by atoms with Crippen LogP contribution in [0.15, 0.2) is 71.4 Å². The second-order valence-electron chi connectivity index (χ2n) is 4.21. The van der Waals surface area contributed by atoms with Crippen molar-refractivity contribution in [1.82, 2.24) is 0 Å². The molecule has 0 unspecified atom stereocenters. The number of nitrogens with one attached hydrogen (secondary N) is 1. The maximum atomic E-state index is 11.1. The minimum Gasteiger partial charge on any atom is -0.323 e. The Morgan fingerprint density at radius 3 is 2.00 bits per heavy atom. The van der Waals surface area contributed by atoms with Crippen LogP contribution >= 0.6 is 0 Å². The molecule has 2 rings (SSSR count). The van der Waals surface area contributed by atoms with E-state index in [-0.39, 0.29) is 11.6 Å². The van der Waals surface area contributed by atoms with Gasteiger partial charge in [-0.1, -0.05) is 6.58 Å². The van der Waals surface area contributed by atoms with Gasteiger partial charge in [0.2, 0.25) is 5.91 Å². The summed E-state index contributed by atoms with van der Waals surface area (Å²) < 4.78 is 0. The van der Waals surface area contributed by atoms with Crippen LogP contribution in [0.5, 0.6) is 0 Å². The molecule has 0 aromatic heterocycles. The zero-order valence-electron chi connectivity index (χ0n) is 11.5. The Kier molecular flexibility index (Phi) is 4.71. The molecule has 2 aromatic carbocycles. The Balaban J connectivity index is 2.05. The van der Waals surface area contributed by atoms with Crippen LogP contribution in [0.25, 0.3) is 0 Å². The van der Waals surface area contributed by atoms with Gasteiger partial charge in [-0.2, -0.15) is 10.2 Å². The Hall–Kier alpha value is -3.35. The number of hydrogen-bond donors (Lipinski definition) is 1. The molecular formula is C15H12N4O3. The third kappa shape index (κ3) is 4.07. The number of anilines is 1. The van der Waals surface area contributed by atoms with E-state index in [2.05, 4.69) is 22.1 Å². The van der Waals surface area contributed by atoms with Gasteiger partial charge in [0.1, 0.15) is 0 Å². The zero-order chi connectivity index (χ0) is 15.9. The molecule has 110 valence electrons. The highest BCUT2D eigenvalue weighted by Gasteiger charge is 2.03. The monoisotopic (exact) mass is 296 g/mol. The number of amides is 1. The minimum atomic E-state index is -0.475. The second kappa shape index (κ2) is 6.89. The number of non-ortho nitro benzene ring substituents is 1. The van der Waals surface area contributed by atoms with Crippen LogP contribution in [-0.2, 0) is 4.79 Å². The fraction of sp³-hybridized carbons (Fsp3) is 0. The number of nitrogens with zero attached hydrogens (tertiary/aromatic N) is 3. The van der Waals surface area contributed by atoms with E-state index in [1.165, 1.54) is 30.3 Å². The summed E-state index contributed by atoms with van der Waals surface area (Å²) in [7, 11) is 0. The third-order valence-corrected chi connectivity index (χ3v) is 2.66. The van der Waals surface area contributed by atoms with E-state index < -0.39 is 4.92 Å². The van der Waals surface area contributed by atoms with Gasteiger partial charge in [-0.25, -0.2) is 0 Å². The lowest BCUT2D eigenvalue weighted by atomic mass is 10.3. The first kappa shape index (κ1) is 15.0. The molecule has 1 N–H and O–H groups in total. The molecule has 0 radical (unpaired) electrons. The summed E-state index contributed by atoms with van der Waals surface area (Å²) in [6.45, 7) is 3.37. The summed E-state index contributed by atoms with van der Waals surface area (Å²) in [6, 6.07) is 12.5. The molecule has 0 saturated carbocycles. The smallest absolute Gasteiger partial charge is 0.269 e. The molecule has 0 spiro atoms. The molecule has 0 aliphatic heterocycles. The Morgan fingerprint density at radius 2 is 1.55 bits per heavy atom. The van der Waals surface area contributed by atoms with Gasteiger partial charge >= 0.3 is 0 Å². The van der Waals surface area contributed by atoms with Gasteiger partial charge in [-0.05, 0) is 42.5 Å². The van der Waals surface area contributed by atoms with Crippen LogP contribution in [0.3, 0.4) is 0 Å². The quantitative estimate of drug-likeness (QED) is 0.388. The first-order chi connectivity index (χ1) is 10.6. The van der Waals surface area contributed by atoms with E-state index in [1.54, 1.807) is 24.3 Å².